The van der Waals surface area contributed by atoms with Gasteiger partial charge in [0.15, 0.2) is 0 Å². The number of halogens is 1. The third-order valence-corrected chi connectivity index (χ3v) is 2.04. The van der Waals surface area contributed by atoms with E-state index in [2.05, 4.69) is 10.3 Å². The smallest absolute Gasteiger partial charge is 0.125 e. The van der Waals surface area contributed by atoms with Crippen LogP contribution < -0.4 is 0 Å². The standard InChI is InChI=1S/C10H12FN3/c1-10(2,3)14-9-6-7(11)4-5-8(9)12-13-14/h4-6H,1-3H3. The first kappa shape index (κ1) is 9.12. The van der Waals surface area contributed by atoms with Gasteiger partial charge in [-0.1, -0.05) is 5.21 Å². The Labute approximate surface area is 81.5 Å². The molecule has 14 heavy (non-hydrogen) atoms. The van der Waals surface area contributed by atoms with E-state index in [1.54, 1.807) is 10.7 Å². The highest BCUT2D eigenvalue weighted by molar-refractivity contribution is 5.74. The SMILES string of the molecule is CC(C)(C)n1nnc2ccc(F)cc21. The van der Waals surface area contributed by atoms with Crippen LogP contribution in [0.5, 0.6) is 0 Å². The summed E-state index contributed by atoms with van der Waals surface area (Å²) in [5.41, 5.74) is 1.28. The van der Waals surface area contributed by atoms with Crippen molar-refractivity contribution in [3.05, 3.63) is 24.0 Å². The van der Waals surface area contributed by atoms with Gasteiger partial charge in [-0.05, 0) is 32.9 Å². The van der Waals surface area contributed by atoms with Crippen molar-refractivity contribution in [2.45, 2.75) is 26.3 Å². The summed E-state index contributed by atoms with van der Waals surface area (Å²) < 4.78 is 14.7. The van der Waals surface area contributed by atoms with E-state index in [1.807, 2.05) is 20.8 Å². The third-order valence-electron chi connectivity index (χ3n) is 2.04. The lowest BCUT2D eigenvalue weighted by molar-refractivity contribution is 0.358. The first-order valence-corrected chi connectivity index (χ1v) is 4.50. The van der Waals surface area contributed by atoms with Crippen LogP contribution in [0, 0.1) is 5.82 Å². The minimum Gasteiger partial charge on any atom is -0.239 e. The number of aromatic nitrogens is 3. The number of nitrogens with zero attached hydrogens (tertiary/aromatic N) is 3. The Morgan fingerprint density at radius 1 is 1.29 bits per heavy atom. The summed E-state index contributed by atoms with van der Waals surface area (Å²) in [7, 11) is 0. The van der Waals surface area contributed by atoms with Crippen LogP contribution in [0.2, 0.25) is 0 Å². The number of fused-ring (bicyclic) bond motifs is 1. The van der Waals surface area contributed by atoms with Crippen molar-refractivity contribution >= 4 is 11.0 Å². The van der Waals surface area contributed by atoms with Gasteiger partial charge in [-0.2, -0.15) is 0 Å². The highest BCUT2D eigenvalue weighted by Crippen LogP contribution is 2.20. The molecule has 74 valence electrons. The molecule has 0 saturated carbocycles. The fourth-order valence-electron chi connectivity index (χ4n) is 1.39. The molecule has 0 aliphatic rings. The van der Waals surface area contributed by atoms with Crippen molar-refractivity contribution in [3.8, 4) is 0 Å². The second-order valence-corrected chi connectivity index (χ2v) is 4.31. The summed E-state index contributed by atoms with van der Waals surface area (Å²) in [6, 6.07) is 4.49. The fraction of sp³-hybridized carbons (Fsp3) is 0.400. The average molecular weight is 193 g/mol. The molecule has 0 spiro atoms. The molecule has 0 aliphatic heterocycles. The quantitative estimate of drug-likeness (QED) is 0.642. The van der Waals surface area contributed by atoms with E-state index in [4.69, 9.17) is 0 Å². The van der Waals surface area contributed by atoms with Crippen LogP contribution in [-0.4, -0.2) is 15.0 Å². The second kappa shape index (κ2) is 2.77. The molecule has 4 heteroatoms. The number of hydrogen-bond acceptors (Lipinski definition) is 2. The van der Waals surface area contributed by atoms with Gasteiger partial charge in [0.25, 0.3) is 0 Å². The minimum atomic E-state index is -0.259. The maximum absolute atomic E-state index is 13.0. The zero-order valence-electron chi connectivity index (χ0n) is 8.45. The molecule has 0 radical (unpaired) electrons. The van der Waals surface area contributed by atoms with Gasteiger partial charge < -0.3 is 0 Å². The van der Waals surface area contributed by atoms with Crippen molar-refractivity contribution in [2.24, 2.45) is 0 Å². The highest BCUT2D eigenvalue weighted by atomic mass is 19.1. The van der Waals surface area contributed by atoms with E-state index in [1.165, 1.54) is 12.1 Å². The number of rotatable bonds is 0. The van der Waals surface area contributed by atoms with E-state index in [0.29, 0.717) is 0 Å². The minimum absolute atomic E-state index is 0.178. The van der Waals surface area contributed by atoms with Crippen molar-refractivity contribution < 1.29 is 4.39 Å². The first-order valence-electron chi connectivity index (χ1n) is 4.50. The Morgan fingerprint density at radius 2 is 2.00 bits per heavy atom. The Balaban J connectivity index is 2.73. The lowest BCUT2D eigenvalue weighted by atomic mass is 10.1. The Morgan fingerprint density at radius 3 is 2.64 bits per heavy atom. The molecule has 0 amide bonds. The molecule has 0 unspecified atom stereocenters. The Kier molecular flexibility index (Phi) is 1.80. The maximum Gasteiger partial charge on any atom is 0.125 e. The molecule has 3 nitrogen and oxygen atoms in total. The largest absolute Gasteiger partial charge is 0.239 e. The van der Waals surface area contributed by atoms with E-state index < -0.39 is 0 Å². The predicted molar refractivity (Wildman–Crippen MR) is 52.5 cm³/mol. The molecule has 0 atom stereocenters. The van der Waals surface area contributed by atoms with E-state index in [-0.39, 0.29) is 11.4 Å². The van der Waals surface area contributed by atoms with Crippen molar-refractivity contribution in [1.82, 2.24) is 15.0 Å². The zero-order valence-corrected chi connectivity index (χ0v) is 8.45. The lowest BCUT2D eigenvalue weighted by Gasteiger charge is -2.19. The molecular formula is C10H12FN3. The summed E-state index contributed by atoms with van der Waals surface area (Å²) >= 11 is 0. The summed E-state index contributed by atoms with van der Waals surface area (Å²) in [4.78, 5) is 0. The number of benzene rings is 1. The topological polar surface area (TPSA) is 30.7 Å². The molecule has 1 aromatic heterocycles. The first-order chi connectivity index (χ1) is 6.48. The monoisotopic (exact) mass is 193 g/mol. The van der Waals surface area contributed by atoms with Crippen LogP contribution in [0.15, 0.2) is 18.2 Å². The van der Waals surface area contributed by atoms with Gasteiger partial charge in [0.05, 0.1) is 11.1 Å². The maximum atomic E-state index is 13.0. The van der Waals surface area contributed by atoms with Gasteiger partial charge >= 0.3 is 0 Å². The van der Waals surface area contributed by atoms with Gasteiger partial charge in [0.2, 0.25) is 0 Å². The zero-order chi connectivity index (χ0) is 10.3. The van der Waals surface area contributed by atoms with E-state index >= 15 is 0 Å². The molecule has 2 aromatic rings. The Bertz CT molecular complexity index is 468. The van der Waals surface area contributed by atoms with E-state index in [9.17, 15) is 4.39 Å². The van der Waals surface area contributed by atoms with Crippen molar-refractivity contribution in [3.63, 3.8) is 0 Å². The van der Waals surface area contributed by atoms with Gasteiger partial charge in [-0.3, -0.25) is 0 Å². The van der Waals surface area contributed by atoms with Crippen LogP contribution in [0.4, 0.5) is 4.39 Å². The summed E-state index contributed by atoms with van der Waals surface area (Å²) in [6.45, 7) is 6.02. The predicted octanol–water partition coefficient (Wildman–Crippen LogP) is 2.33. The van der Waals surface area contributed by atoms with E-state index in [0.717, 1.165) is 11.0 Å². The van der Waals surface area contributed by atoms with Gasteiger partial charge in [0.1, 0.15) is 11.3 Å². The van der Waals surface area contributed by atoms with Crippen molar-refractivity contribution in [1.29, 1.82) is 0 Å². The molecular weight excluding hydrogens is 181 g/mol. The third kappa shape index (κ3) is 1.36. The number of hydrogen-bond donors (Lipinski definition) is 0. The normalized spacial score (nSPS) is 12.3. The molecule has 0 saturated heterocycles. The summed E-state index contributed by atoms with van der Waals surface area (Å²) in [6.07, 6.45) is 0. The highest BCUT2D eigenvalue weighted by Gasteiger charge is 2.17. The van der Waals surface area contributed by atoms with Gasteiger partial charge in [-0.25, -0.2) is 9.07 Å². The molecule has 2 rings (SSSR count). The Hall–Kier alpha value is -1.45. The fourth-order valence-corrected chi connectivity index (χ4v) is 1.39. The van der Waals surface area contributed by atoms with Crippen molar-refractivity contribution in [2.75, 3.05) is 0 Å². The van der Waals surface area contributed by atoms with Gasteiger partial charge in [0, 0.05) is 6.07 Å². The average Bonchev–Trinajstić information content (AvgIpc) is 2.45. The van der Waals surface area contributed by atoms with Crippen LogP contribution >= 0.6 is 0 Å². The molecule has 0 fully saturated rings. The molecule has 1 heterocycles. The molecule has 0 N–H and O–H groups in total. The molecule has 0 aliphatic carbocycles. The molecule has 0 bridgehead atoms. The van der Waals surface area contributed by atoms with Gasteiger partial charge in [-0.15, -0.1) is 5.10 Å². The summed E-state index contributed by atoms with van der Waals surface area (Å²) in [5.74, 6) is -0.259. The lowest BCUT2D eigenvalue weighted by Crippen LogP contribution is -2.23. The van der Waals surface area contributed by atoms with Crippen LogP contribution in [0.25, 0.3) is 11.0 Å². The second-order valence-electron chi connectivity index (χ2n) is 4.31. The van der Waals surface area contributed by atoms with Crippen LogP contribution in [0.3, 0.4) is 0 Å². The molecule has 1 aromatic carbocycles. The van der Waals surface area contributed by atoms with Crippen LogP contribution in [-0.2, 0) is 5.54 Å². The summed E-state index contributed by atoms with van der Waals surface area (Å²) in [5, 5.41) is 7.98. The van der Waals surface area contributed by atoms with Crippen LogP contribution in [0.1, 0.15) is 20.8 Å².